The molecule has 6 heteroatoms. The molecule has 0 amide bonds. The molecule has 0 spiro atoms. The van der Waals surface area contributed by atoms with Crippen LogP contribution in [0.15, 0.2) is 18.6 Å². The molecule has 3 N–H and O–H groups in total. The average molecular weight is 251 g/mol. The number of rotatable bonds is 4. The van der Waals surface area contributed by atoms with Gasteiger partial charge in [-0.1, -0.05) is 0 Å². The monoisotopic (exact) mass is 251 g/mol. The van der Waals surface area contributed by atoms with E-state index in [1.165, 1.54) is 0 Å². The van der Waals surface area contributed by atoms with Gasteiger partial charge in [-0.25, -0.2) is 9.97 Å². The average Bonchev–Trinajstić information content (AvgIpc) is 2.73. The molecule has 2 heterocycles. The Balaban J connectivity index is 2.26. The number of anilines is 2. The number of imidazole rings is 1. The van der Waals surface area contributed by atoms with Crippen molar-refractivity contribution in [2.45, 2.75) is 18.6 Å². The van der Waals surface area contributed by atoms with E-state index in [1.54, 1.807) is 12.4 Å². The normalized spacial score (nSPS) is 11.9. The molecule has 0 atom stereocenters. The minimum Gasteiger partial charge on any atom is -0.382 e. The standard InChI is InChI=1S/C11H17N5S/c1-11(2,17-3)7-14-9-10-13-4-5-16(10)6-8(12)15-9/h4-6H,7,12H2,1-3H3,(H,14,15). The Morgan fingerprint density at radius 3 is 3.00 bits per heavy atom. The van der Waals surface area contributed by atoms with E-state index < -0.39 is 0 Å². The maximum absolute atomic E-state index is 5.75. The fraction of sp³-hybridized carbons (Fsp3) is 0.455. The fourth-order valence-electron chi connectivity index (χ4n) is 1.44. The summed E-state index contributed by atoms with van der Waals surface area (Å²) in [7, 11) is 0. The molecular weight excluding hydrogens is 234 g/mol. The van der Waals surface area contributed by atoms with Crippen molar-refractivity contribution < 1.29 is 0 Å². The highest BCUT2D eigenvalue weighted by Crippen LogP contribution is 2.22. The number of hydrogen-bond donors (Lipinski definition) is 2. The number of nitrogens with two attached hydrogens (primary N) is 1. The van der Waals surface area contributed by atoms with Gasteiger partial charge >= 0.3 is 0 Å². The van der Waals surface area contributed by atoms with Crippen molar-refractivity contribution >= 4 is 29.0 Å². The molecule has 0 aliphatic rings. The highest BCUT2D eigenvalue weighted by Gasteiger charge is 2.16. The van der Waals surface area contributed by atoms with E-state index in [9.17, 15) is 0 Å². The quantitative estimate of drug-likeness (QED) is 0.868. The third-order valence-electron chi connectivity index (χ3n) is 2.63. The van der Waals surface area contributed by atoms with Crippen molar-refractivity contribution in [3.8, 4) is 0 Å². The second kappa shape index (κ2) is 4.44. The van der Waals surface area contributed by atoms with Gasteiger partial charge in [0.1, 0.15) is 5.82 Å². The van der Waals surface area contributed by atoms with E-state index in [0.717, 1.165) is 18.0 Å². The third kappa shape index (κ3) is 2.63. The summed E-state index contributed by atoms with van der Waals surface area (Å²) in [6, 6.07) is 0. The fourth-order valence-corrected chi connectivity index (χ4v) is 1.65. The maximum Gasteiger partial charge on any atom is 0.180 e. The Bertz CT molecular complexity index is 520. The van der Waals surface area contributed by atoms with Gasteiger partial charge in [0.15, 0.2) is 11.5 Å². The SMILES string of the molecule is CSC(C)(C)CNc1nc(N)cn2ccnc12. The summed E-state index contributed by atoms with van der Waals surface area (Å²) in [5, 5.41) is 3.31. The van der Waals surface area contributed by atoms with Crippen molar-refractivity contribution in [2.75, 3.05) is 23.9 Å². The van der Waals surface area contributed by atoms with Crippen molar-refractivity contribution in [2.24, 2.45) is 0 Å². The van der Waals surface area contributed by atoms with Crippen LogP contribution in [0.2, 0.25) is 0 Å². The van der Waals surface area contributed by atoms with E-state index in [0.29, 0.717) is 5.82 Å². The predicted octanol–water partition coefficient (Wildman–Crippen LogP) is 1.86. The first-order chi connectivity index (χ1) is 8.02. The smallest absolute Gasteiger partial charge is 0.180 e. The van der Waals surface area contributed by atoms with Gasteiger partial charge in [0, 0.05) is 23.7 Å². The summed E-state index contributed by atoms with van der Waals surface area (Å²) in [5.41, 5.74) is 6.55. The van der Waals surface area contributed by atoms with E-state index in [2.05, 4.69) is 35.4 Å². The number of fused-ring (bicyclic) bond motifs is 1. The van der Waals surface area contributed by atoms with Gasteiger partial charge < -0.3 is 15.5 Å². The number of hydrogen-bond acceptors (Lipinski definition) is 5. The Morgan fingerprint density at radius 2 is 2.29 bits per heavy atom. The minimum atomic E-state index is 0.149. The number of nitrogen functional groups attached to an aromatic ring is 1. The molecule has 0 saturated carbocycles. The van der Waals surface area contributed by atoms with Crippen LogP contribution < -0.4 is 11.1 Å². The van der Waals surface area contributed by atoms with Crippen molar-refractivity contribution in [1.29, 1.82) is 0 Å². The number of nitrogens with one attached hydrogen (secondary N) is 1. The molecular formula is C11H17N5S. The van der Waals surface area contributed by atoms with Crippen molar-refractivity contribution in [1.82, 2.24) is 14.4 Å². The summed E-state index contributed by atoms with van der Waals surface area (Å²) < 4.78 is 2.02. The van der Waals surface area contributed by atoms with Gasteiger partial charge in [-0.15, -0.1) is 0 Å². The molecule has 0 aromatic carbocycles. The van der Waals surface area contributed by atoms with Crippen LogP contribution in [0, 0.1) is 0 Å². The zero-order valence-corrected chi connectivity index (χ0v) is 11.1. The van der Waals surface area contributed by atoms with Crippen LogP contribution in [-0.4, -0.2) is 31.9 Å². The summed E-state index contributed by atoms with van der Waals surface area (Å²) in [5.74, 6) is 1.22. The third-order valence-corrected chi connectivity index (χ3v) is 3.88. The van der Waals surface area contributed by atoms with Gasteiger partial charge in [-0.2, -0.15) is 11.8 Å². The molecule has 0 aliphatic carbocycles. The van der Waals surface area contributed by atoms with Crippen LogP contribution in [0.4, 0.5) is 11.6 Å². The number of nitrogens with zero attached hydrogens (tertiary/aromatic N) is 3. The minimum absolute atomic E-state index is 0.149. The first-order valence-electron chi connectivity index (χ1n) is 5.40. The van der Waals surface area contributed by atoms with Crippen LogP contribution in [0.25, 0.3) is 5.65 Å². The lowest BCUT2D eigenvalue weighted by Crippen LogP contribution is -2.26. The first kappa shape index (κ1) is 12.0. The molecule has 5 nitrogen and oxygen atoms in total. The second-order valence-corrected chi connectivity index (χ2v) is 6.00. The molecule has 0 fully saturated rings. The topological polar surface area (TPSA) is 68.2 Å². The molecule has 0 bridgehead atoms. The first-order valence-corrected chi connectivity index (χ1v) is 6.62. The highest BCUT2D eigenvalue weighted by atomic mass is 32.2. The molecule has 0 unspecified atom stereocenters. The Labute approximate surface area is 105 Å². The van der Waals surface area contributed by atoms with Crippen LogP contribution in [0.1, 0.15) is 13.8 Å². The second-order valence-electron chi connectivity index (χ2n) is 4.49. The van der Waals surface area contributed by atoms with Crippen LogP contribution in [0.5, 0.6) is 0 Å². The highest BCUT2D eigenvalue weighted by molar-refractivity contribution is 7.99. The largest absolute Gasteiger partial charge is 0.382 e. The van der Waals surface area contributed by atoms with E-state index in [-0.39, 0.29) is 4.75 Å². The molecule has 2 aromatic heterocycles. The number of aromatic nitrogens is 3. The van der Waals surface area contributed by atoms with Gasteiger partial charge in [-0.3, -0.25) is 0 Å². The predicted molar refractivity (Wildman–Crippen MR) is 73.5 cm³/mol. The lowest BCUT2D eigenvalue weighted by atomic mass is 10.2. The van der Waals surface area contributed by atoms with Crippen LogP contribution in [0.3, 0.4) is 0 Å². The lowest BCUT2D eigenvalue weighted by molar-refractivity contribution is 0.750. The maximum atomic E-state index is 5.75. The molecule has 0 aliphatic heterocycles. The summed E-state index contributed by atoms with van der Waals surface area (Å²) in [6.07, 6.45) is 7.45. The van der Waals surface area contributed by atoms with Crippen LogP contribution in [-0.2, 0) is 0 Å². The Kier molecular flexibility index (Phi) is 3.15. The van der Waals surface area contributed by atoms with Gasteiger partial charge in [0.2, 0.25) is 0 Å². The van der Waals surface area contributed by atoms with E-state index in [1.807, 2.05) is 22.4 Å². The van der Waals surface area contributed by atoms with Gasteiger partial charge in [0.05, 0.1) is 6.20 Å². The lowest BCUT2D eigenvalue weighted by Gasteiger charge is -2.22. The molecule has 2 rings (SSSR count). The number of thioether (sulfide) groups is 1. The van der Waals surface area contributed by atoms with E-state index >= 15 is 0 Å². The molecule has 0 saturated heterocycles. The molecule has 92 valence electrons. The zero-order chi connectivity index (χ0) is 12.5. The van der Waals surface area contributed by atoms with E-state index in [4.69, 9.17) is 5.73 Å². The van der Waals surface area contributed by atoms with Gasteiger partial charge in [-0.05, 0) is 20.1 Å². The van der Waals surface area contributed by atoms with Gasteiger partial charge in [0.25, 0.3) is 0 Å². The molecule has 17 heavy (non-hydrogen) atoms. The van der Waals surface area contributed by atoms with Crippen molar-refractivity contribution in [3.63, 3.8) is 0 Å². The summed E-state index contributed by atoms with van der Waals surface area (Å²) in [4.78, 5) is 8.55. The zero-order valence-electron chi connectivity index (χ0n) is 10.3. The van der Waals surface area contributed by atoms with Crippen LogP contribution >= 0.6 is 11.8 Å². The molecule has 2 aromatic rings. The summed E-state index contributed by atoms with van der Waals surface area (Å²) >= 11 is 1.81. The van der Waals surface area contributed by atoms with Crippen molar-refractivity contribution in [3.05, 3.63) is 18.6 Å². The molecule has 0 radical (unpaired) electrons. The Morgan fingerprint density at radius 1 is 1.53 bits per heavy atom. The summed E-state index contributed by atoms with van der Waals surface area (Å²) in [6.45, 7) is 5.17. The Hall–Kier alpha value is -1.43.